The van der Waals surface area contributed by atoms with Crippen molar-refractivity contribution in [2.24, 2.45) is 0 Å². The number of Topliss-reactive ketones (excluding diaryl/α,β-unsaturated/α-hetero) is 1. The zero-order chi connectivity index (χ0) is 18.0. The van der Waals surface area contributed by atoms with Gasteiger partial charge in [-0.05, 0) is 31.2 Å². The van der Waals surface area contributed by atoms with Gasteiger partial charge in [0.2, 0.25) is 0 Å². The number of thiazole rings is 1. The summed E-state index contributed by atoms with van der Waals surface area (Å²) < 4.78 is 28.4. The molecule has 3 aromatic rings. The molecule has 0 aliphatic carbocycles. The highest BCUT2D eigenvalue weighted by Crippen LogP contribution is 2.27. The molecule has 3 rings (SSSR count). The van der Waals surface area contributed by atoms with Gasteiger partial charge < -0.3 is 0 Å². The summed E-state index contributed by atoms with van der Waals surface area (Å²) in [4.78, 5) is 15.6. The highest BCUT2D eigenvalue weighted by molar-refractivity contribution is 9.10. The van der Waals surface area contributed by atoms with Gasteiger partial charge in [0, 0.05) is 26.7 Å². The molecule has 1 heterocycles. The van der Waals surface area contributed by atoms with Crippen LogP contribution in [0.3, 0.4) is 0 Å². The lowest BCUT2D eigenvalue weighted by Gasteiger charge is -2.06. The Kier molecular flexibility index (Phi) is 5.03. The first kappa shape index (κ1) is 17.8. The molecule has 0 unspecified atom stereocenters. The van der Waals surface area contributed by atoms with Crippen LogP contribution in [0.15, 0.2) is 63.4 Å². The second-order valence-corrected chi connectivity index (χ2v) is 8.64. The van der Waals surface area contributed by atoms with Crippen molar-refractivity contribution in [1.29, 1.82) is 0 Å². The smallest absolute Gasteiger partial charge is 0.280 e. The molecule has 2 aromatic carbocycles. The summed E-state index contributed by atoms with van der Waals surface area (Å²) in [6, 6.07) is 13.8. The predicted octanol–water partition coefficient (Wildman–Crippen LogP) is 4.58. The number of aromatic nitrogens is 1. The Labute approximate surface area is 157 Å². The number of nitrogens with zero attached hydrogens (tertiary/aromatic N) is 1. The number of hydrogen-bond acceptors (Lipinski definition) is 5. The van der Waals surface area contributed by atoms with Crippen LogP contribution in [0.4, 0.5) is 5.69 Å². The van der Waals surface area contributed by atoms with E-state index in [1.807, 2.05) is 24.3 Å². The normalized spacial score (nSPS) is 11.3. The molecule has 0 aliphatic heterocycles. The maximum atomic E-state index is 12.5. The summed E-state index contributed by atoms with van der Waals surface area (Å²) in [7, 11) is -3.82. The molecule has 0 aliphatic rings. The van der Waals surface area contributed by atoms with E-state index < -0.39 is 10.0 Å². The van der Waals surface area contributed by atoms with Crippen molar-refractivity contribution in [3.05, 3.63) is 63.9 Å². The van der Waals surface area contributed by atoms with E-state index in [0.717, 1.165) is 10.0 Å². The van der Waals surface area contributed by atoms with Gasteiger partial charge in [0.15, 0.2) is 10.8 Å². The Bertz CT molecular complexity index is 1030. The van der Waals surface area contributed by atoms with Crippen molar-refractivity contribution in [2.45, 2.75) is 11.9 Å². The van der Waals surface area contributed by atoms with E-state index in [2.05, 4.69) is 25.6 Å². The molecule has 0 bridgehead atoms. The lowest BCUT2D eigenvalue weighted by atomic mass is 10.1. The van der Waals surface area contributed by atoms with Gasteiger partial charge >= 0.3 is 0 Å². The summed E-state index contributed by atoms with van der Waals surface area (Å²) in [6.45, 7) is 1.43. The molecule has 1 aromatic heterocycles. The topological polar surface area (TPSA) is 76.1 Å². The SMILES string of the molecule is CC(=O)c1cccc(NS(=O)(=O)c2csc(-c3ccc(Br)cc3)n2)c1. The van der Waals surface area contributed by atoms with E-state index in [0.29, 0.717) is 16.3 Å². The number of rotatable bonds is 5. The highest BCUT2D eigenvalue weighted by atomic mass is 79.9. The van der Waals surface area contributed by atoms with Crippen LogP contribution in [-0.2, 0) is 10.0 Å². The molecule has 0 saturated heterocycles. The van der Waals surface area contributed by atoms with Gasteiger partial charge in [-0.3, -0.25) is 9.52 Å². The first-order valence-corrected chi connectivity index (χ1v) is 10.4. The number of hydrogen-bond donors (Lipinski definition) is 1. The Hall–Kier alpha value is -2.03. The second-order valence-electron chi connectivity index (χ2n) is 5.24. The second kappa shape index (κ2) is 7.07. The van der Waals surface area contributed by atoms with Crippen molar-refractivity contribution >= 4 is 48.8 Å². The lowest BCUT2D eigenvalue weighted by Crippen LogP contribution is -2.13. The molecule has 0 atom stereocenters. The average molecular weight is 437 g/mol. The summed E-state index contributed by atoms with van der Waals surface area (Å²) >= 11 is 4.62. The maximum Gasteiger partial charge on any atom is 0.280 e. The van der Waals surface area contributed by atoms with Crippen molar-refractivity contribution in [3.63, 3.8) is 0 Å². The van der Waals surface area contributed by atoms with Gasteiger partial charge in [-0.1, -0.05) is 40.2 Å². The Balaban J connectivity index is 1.87. The molecule has 5 nitrogen and oxygen atoms in total. The van der Waals surface area contributed by atoms with Crippen LogP contribution in [0.2, 0.25) is 0 Å². The van der Waals surface area contributed by atoms with Crippen LogP contribution < -0.4 is 4.72 Å². The van der Waals surface area contributed by atoms with Gasteiger partial charge in [0.25, 0.3) is 10.0 Å². The number of sulfonamides is 1. The minimum Gasteiger partial charge on any atom is -0.295 e. The van der Waals surface area contributed by atoms with Crippen LogP contribution in [-0.4, -0.2) is 19.2 Å². The fourth-order valence-corrected chi connectivity index (χ4v) is 4.53. The summed E-state index contributed by atoms with van der Waals surface area (Å²) in [6.07, 6.45) is 0. The van der Waals surface area contributed by atoms with Gasteiger partial charge in [0.05, 0.1) is 0 Å². The minimum atomic E-state index is -3.82. The van der Waals surface area contributed by atoms with Gasteiger partial charge in [-0.15, -0.1) is 11.3 Å². The Morgan fingerprint density at radius 3 is 2.56 bits per heavy atom. The number of carbonyl (C=O) groups is 1. The number of benzene rings is 2. The molecule has 0 fully saturated rings. The standard InChI is InChI=1S/C17H13BrN2O3S2/c1-11(21)13-3-2-4-15(9-13)20-25(22,23)16-10-24-17(19-16)12-5-7-14(18)8-6-12/h2-10,20H,1H3. The average Bonchev–Trinajstić information content (AvgIpc) is 3.06. The summed E-state index contributed by atoms with van der Waals surface area (Å²) in [5.74, 6) is -0.132. The van der Waals surface area contributed by atoms with E-state index in [9.17, 15) is 13.2 Å². The number of halogens is 1. The van der Waals surface area contributed by atoms with E-state index in [-0.39, 0.29) is 10.8 Å². The van der Waals surface area contributed by atoms with Crippen LogP contribution >= 0.6 is 27.3 Å². The van der Waals surface area contributed by atoms with Crippen LogP contribution in [0.25, 0.3) is 10.6 Å². The molecule has 0 radical (unpaired) electrons. The van der Waals surface area contributed by atoms with Crippen molar-refractivity contribution in [3.8, 4) is 10.6 Å². The Morgan fingerprint density at radius 1 is 1.16 bits per heavy atom. The van der Waals surface area contributed by atoms with E-state index in [4.69, 9.17) is 0 Å². The van der Waals surface area contributed by atoms with Crippen LogP contribution in [0.1, 0.15) is 17.3 Å². The van der Waals surface area contributed by atoms with E-state index >= 15 is 0 Å². The first-order valence-electron chi connectivity index (χ1n) is 7.20. The molecule has 8 heteroatoms. The minimum absolute atomic E-state index is 0.0522. The molecule has 128 valence electrons. The summed E-state index contributed by atoms with van der Waals surface area (Å²) in [5.41, 5.74) is 1.60. The molecule has 0 saturated carbocycles. The van der Waals surface area contributed by atoms with Crippen molar-refractivity contribution in [1.82, 2.24) is 4.98 Å². The largest absolute Gasteiger partial charge is 0.295 e. The van der Waals surface area contributed by atoms with Gasteiger partial charge in [-0.25, -0.2) is 4.98 Å². The fourth-order valence-electron chi connectivity index (χ4n) is 2.12. The van der Waals surface area contributed by atoms with Crippen molar-refractivity contribution in [2.75, 3.05) is 4.72 Å². The van der Waals surface area contributed by atoms with Gasteiger partial charge in [0.1, 0.15) is 5.01 Å². The quantitative estimate of drug-likeness (QED) is 0.593. The number of carbonyl (C=O) groups excluding carboxylic acids is 1. The number of ketones is 1. The molecule has 1 N–H and O–H groups in total. The fraction of sp³-hybridized carbons (Fsp3) is 0.0588. The van der Waals surface area contributed by atoms with Gasteiger partial charge in [-0.2, -0.15) is 8.42 Å². The molecular formula is C17H13BrN2O3S2. The highest BCUT2D eigenvalue weighted by Gasteiger charge is 2.19. The molecular weight excluding hydrogens is 424 g/mol. The monoisotopic (exact) mass is 436 g/mol. The third kappa shape index (κ3) is 4.15. The van der Waals surface area contributed by atoms with Crippen molar-refractivity contribution < 1.29 is 13.2 Å². The zero-order valence-corrected chi connectivity index (χ0v) is 16.3. The maximum absolute atomic E-state index is 12.5. The third-order valence-electron chi connectivity index (χ3n) is 3.37. The van der Waals surface area contributed by atoms with E-state index in [1.54, 1.807) is 18.2 Å². The van der Waals surface area contributed by atoms with Crippen LogP contribution in [0, 0.1) is 0 Å². The number of nitrogens with one attached hydrogen (secondary N) is 1. The zero-order valence-electron chi connectivity index (χ0n) is 13.1. The molecule has 0 amide bonds. The molecule has 0 spiro atoms. The summed E-state index contributed by atoms with van der Waals surface area (Å²) in [5, 5.41) is 2.06. The number of anilines is 1. The lowest BCUT2D eigenvalue weighted by molar-refractivity contribution is 0.101. The van der Waals surface area contributed by atoms with E-state index in [1.165, 1.54) is 29.7 Å². The van der Waals surface area contributed by atoms with Crippen LogP contribution in [0.5, 0.6) is 0 Å². The first-order chi connectivity index (χ1) is 11.8. The third-order valence-corrected chi connectivity index (χ3v) is 6.20. The molecule has 25 heavy (non-hydrogen) atoms. The Morgan fingerprint density at radius 2 is 1.88 bits per heavy atom. The predicted molar refractivity (Wildman–Crippen MR) is 103 cm³/mol.